The van der Waals surface area contributed by atoms with Crippen molar-refractivity contribution in [2.24, 2.45) is 0 Å². The molecule has 0 atom stereocenters. The van der Waals surface area contributed by atoms with Crippen molar-refractivity contribution in [2.45, 2.75) is 0 Å². The zero-order valence-corrected chi connectivity index (χ0v) is 9.02. The van der Waals surface area contributed by atoms with Crippen molar-refractivity contribution in [2.75, 3.05) is 5.73 Å². The Labute approximate surface area is 93.2 Å². The Morgan fingerprint density at radius 2 is 2.07 bits per heavy atom. The number of phenols is 2. The van der Waals surface area contributed by atoms with Crippen molar-refractivity contribution in [3.8, 4) is 22.8 Å². The molecule has 0 bridgehead atoms. The molecule has 0 unspecified atom stereocenters. The van der Waals surface area contributed by atoms with Gasteiger partial charge in [0.05, 0.1) is 5.56 Å². The van der Waals surface area contributed by atoms with Crippen LogP contribution in [0.2, 0.25) is 0 Å². The van der Waals surface area contributed by atoms with Crippen LogP contribution in [0.5, 0.6) is 11.5 Å². The van der Waals surface area contributed by atoms with Gasteiger partial charge in [-0.25, -0.2) is 0 Å². The fraction of sp³-hybridized carbons (Fsp3) is 0. The van der Waals surface area contributed by atoms with E-state index in [9.17, 15) is 10.2 Å². The number of anilines is 1. The Kier molecular flexibility index (Phi) is 2.28. The minimum atomic E-state index is -0.277. The Morgan fingerprint density at radius 3 is 2.67 bits per heavy atom. The minimum Gasteiger partial charge on any atom is -0.504 e. The molecule has 1 heterocycles. The monoisotopic (exact) mass is 270 g/mol. The van der Waals surface area contributed by atoms with Crippen molar-refractivity contribution < 1.29 is 14.7 Å². The van der Waals surface area contributed by atoms with Gasteiger partial charge in [-0.05, 0) is 28.1 Å². The summed E-state index contributed by atoms with van der Waals surface area (Å²) in [5, 5.41) is 22.5. The number of rotatable bonds is 1. The summed E-state index contributed by atoms with van der Waals surface area (Å²) < 4.78 is 5.47. The second kappa shape index (κ2) is 3.47. The molecule has 0 saturated heterocycles. The number of nitrogen functional groups attached to an aromatic ring is 1. The predicted molar refractivity (Wildman–Crippen MR) is 57.4 cm³/mol. The highest BCUT2D eigenvalue weighted by molar-refractivity contribution is 9.10. The third-order valence-electron chi connectivity index (χ3n) is 1.88. The number of halogens is 1. The van der Waals surface area contributed by atoms with Crippen LogP contribution in [0.3, 0.4) is 0 Å². The zero-order valence-electron chi connectivity index (χ0n) is 7.44. The number of hydrogen-bond acceptors (Lipinski definition) is 5. The van der Waals surface area contributed by atoms with Crippen molar-refractivity contribution in [1.29, 1.82) is 0 Å². The van der Waals surface area contributed by atoms with Crippen molar-refractivity contribution in [1.82, 2.24) is 5.16 Å². The molecule has 0 spiro atoms. The number of benzene rings is 1. The first-order valence-corrected chi connectivity index (χ1v) is 4.82. The fourth-order valence-corrected chi connectivity index (χ4v) is 1.71. The summed E-state index contributed by atoms with van der Waals surface area (Å²) >= 11 is 3.23. The molecule has 1 aromatic heterocycles. The fourth-order valence-electron chi connectivity index (χ4n) is 1.20. The van der Waals surface area contributed by atoms with Gasteiger partial charge in [0.1, 0.15) is 0 Å². The van der Waals surface area contributed by atoms with E-state index in [1.54, 1.807) is 6.07 Å². The average molecular weight is 271 g/mol. The Morgan fingerprint density at radius 1 is 1.33 bits per heavy atom. The van der Waals surface area contributed by atoms with Crippen LogP contribution in [0.4, 0.5) is 5.82 Å². The molecule has 15 heavy (non-hydrogen) atoms. The molecule has 0 amide bonds. The number of nitrogens with zero attached hydrogens (tertiary/aromatic N) is 1. The molecular weight excluding hydrogens is 264 g/mol. The van der Waals surface area contributed by atoms with Gasteiger partial charge >= 0.3 is 0 Å². The summed E-state index contributed by atoms with van der Waals surface area (Å²) in [6, 6.07) is 4.41. The first-order valence-electron chi connectivity index (χ1n) is 4.02. The van der Waals surface area contributed by atoms with Crippen LogP contribution in [0.1, 0.15) is 0 Å². The van der Waals surface area contributed by atoms with Gasteiger partial charge in [0.2, 0.25) is 0 Å². The third-order valence-corrected chi connectivity index (χ3v) is 2.54. The van der Waals surface area contributed by atoms with Crippen LogP contribution in [0.15, 0.2) is 27.2 Å². The van der Waals surface area contributed by atoms with Crippen LogP contribution in [-0.4, -0.2) is 15.4 Å². The van der Waals surface area contributed by atoms with Gasteiger partial charge in [0, 0.05) is 10.5 Å². The van der Waals surface area contributed by atoms with Gasteiger partial charge in [-0.1, -0.05) is 5.16 Å². The highest BCUT2D eigenvalue weighted by Crippen LogP contribution is 2.41. The van der Waals surface area contributed by atoms with E-state index in [0.717, 1.165) is 0 Å². The number of aromatic nitrogens is 1. The summed E-state index contributed by atoms with van der Waals surface area (Å²) in [6.07, 6.45) is 0. The first-order chi connectivity index (χ1) is 7.09. The zero-order chi connectivity index (χ0) is 11.0. The Hall–Kier alpha value is -1.69. The summed E-state index contributed by atoms with van der Waals surface area (Å²) in [5.74, 6) is -0.0175. The van der Waals surface area contributed by atoms with E-state index in [2.05, 4.69) is 21.1 Å². The van der Waals surface area contributed by atoms with E-state index in [4.69, 9.17) is 10.3 Å². The summed E-state index contributed by atoms with van der Waals surface area (Å²) in [5.41, 5.74) is 5.71. The molecule has 0 aliphatic rings. The molecule has 2 aromatic rings. The lowest BCUT2D eigenvalue weighted by Gasteiger charge is -2.04. The van der Waals surface area contributed by atoms with E-state index in [-0.39, 0.29) is 23.1 Å². The van der Waals surface area contributed by atoms with Crippen molar-refractivity contribution in [3.05, 3.63) is 22.7 Å². The summed E-state index contributed by atoms with van der Waals surface area (Å²) in [4.78, 5) is 0. The molecule has 0 aliphatic heterocycles. The second-order valence-corrected chi connectivity index (χ2v) is 3.76. The number of phenolic OH excluding ortho intramolecular Hbond substituents is 2. The Bertz CT molecular complexity index is 510. The molecule has 1 aromatic carbocycles. The number of nitrogens with two attached hydrogens (primary N) is 1. The van der Waals surface area contributed by atoms with Crippen molar-refractivity contribution in [3.63, 3.8) is 0 Å². The standard InChI is InChI=1S/C9H7BrN2O3/c10-4-1-2-5(13)9(14)8(4)6-3-7(11)12-15-6/h1-3,13-14H,(H2,11,12). The minimum absolute atomic E-state index is 0.208. The molecule has 4 N–H and O–H groups in total. The molecule has 0 radical (unpaired) electrons. The summed E-state index contributed by atoms with van der Waals surface area (Å²) in [6.45, 7) is 0. The van der Waals surface area contributed by atoms with Crippen molar-refractivity contribution >= 4 is 21.7 Å². The molecule has 5 nitrogen and oxygen atoms in total. The molecule has 0 aliphatic carbocycles. The quantitative estimate of drug-likeness (QED) is 0.690. The lowest BCUT2D eigenvalue weighted by Crippen LogP contribution is -1.81. The predicted octanol–water partition coefficient (Wildman–Crippen LogP) is 2.10. The lowest BCUT2D eigenvalue weighted by molar-refractivity contribution is 0.398. The molecule has 0 fully saturated rings. The summed E-state index contributed by atoms with van der Waals surface area (Å²) in [7, 11) is 0. The van der Waals surface area contributed by atoms with Crippen LogP contribution < -0.4 is 5.73 Å². The highest BCUT2D eigenvalue weighted by Gasteiger charge is 2.16. The van der Waals surface area contributed by atoms with Crippen LogP contribution in [0.25, 0.3) is 11.3 Å². The number of aromatic hydroxyl groups is 2. The second-order valence-electron chi connectivity index (χ2n) is 2.91. The Balaban J connectivity index is 2.66. The third kappa shape index (κ3) is 1.63. The van der Waals surface area contributed by atoms with Crippen LogP contribution >= 0.6 is 15.9 Å². The van der Waals surface area contributed by atoms with E-state index >= 15 is 0 Å². The smallest absolute Gasteiger partial charge is 0.174 e. The van der Waals surface area contributed by atoms with Gasteiger partial charge < -0.3 is 20.5 Å². The topological polar surface area (TPSA) is 92.5 Å². The van der Waals surface area contributed by atoms with Crippen LogP contribution in [0, 0.1) is 0 Å². The van der Waals surface area contributed by atoms with Gasteiger partial charge in [0.15, 0.2) is 23.1 Å². The largest absolute Gasteiger partial charge is 0.504 e. The van der Waals surface area contributed by atoms with E-state index in [1.165, 1.54) is 12.1 Å². The maximum absolute atomic E-state index is 9.63. The number of hydrogen-bond donors (Lipinski definition) is 3. The van der Waals surface area contributed by atoms with E-state index < -0.39 is 0 Å². The highest BCUT2D eigenvalue weighted by atomic mass is 79.9. The maximum Gasteiger partial charge on any atom is 0.174 e. The van der Waals surface area contributed by atoms with E-state index in [0.29, 0.717) is 10.0 Å². The maximum atomic E-state index is 9.63. The average Bonchev–Trinajstić information content (AvgIpc) is 2.59. The molecule has 0 saturated carbocycles. The van der Waals surface area contributed by atoms with Gasteiger partial charge in [-0.3, -0.25) is 0 Å². The van der Waals surface area contributed by atoms with E-state index in [1.807, 2.05) is 0 Å². The van der Waals surface area contributed by atoms with Gasteiger partial charge in [-0.2, -0.15) is 0 Å². The lowest BCUT2D eigenvalue weighted by atomic mass is 10.1. The van der Waals surface area contributed by atoms with Crippen LogP contribution in [-0.2, 0) is 0 Å². The molecule has 78 valence electrons. The molecule has 6 heteroatoms. The molecule has 2 rings (SSSR count). The SMILES string of the molecule is Nc1cc(-c2c(Br)ccc(O)c2O)on1. The molecular formula is C9H7BrN2O3. The normalized spacial score (nSPS) is 10.5. The van der Waals surface area contributed by atoms with Gasteiger partial charge in [0.25, 0.3) is 0 Å². The first kappa shape index (κ1) is 9.85. The van der Waals surface area contributed by atoms with Gasteiger partial charge in [-0.15, -0.1) is 0 Å².